The fourth-order valence-corrected chi connectivity index (χ4v) is 8.35. The van der Waals surface area contributed by atoms with Gasteiger partial charge in [-0.1, -0.05) is 50.6 Å². The van der Waals surface area contributed by atoms with Crippen LogP contribution in [-0.2, 0) is 25.5 Å². The van der Waals surface area contributed by atoms with Gasteiger partial charge in [0.2, 0.25) is 23.6 Å². The fourth-order valence-electron chi connectivity index (χ4n) is 6.31. The van der Waals surface area contributed by atoms with Crippen molar-refractivity contribution in [1.29, 1.82) is 0 Å². The van der Waals surface area contributed by atoms with Gasteiger partial charge in [-0.3, -0.25) is 24.2 Å². The molecule has 1 aromatic carbocycles. The largest absolute Gasteiger partial charge is 0.474 e. The minimum Gasteiger partial charge on any atom is -0.474 e. The van der Waals surface area contributed by atoms with E-state index in [2.05, 4.69) is 34.8 Å². The third-order valence-corrected chi connectivity index (χ3v) is 11.4. The highest BCUT2D eigenvalue weighted by atomic mass is 32.2. The van der Waals surface area contributed by atoms with Crippen LogP contribution in [0.5, 0.6) is 0 Å². The van der Waals surface area contributed by atoms with Gasteiger partial charge in [0.25, 0.3) is 5.91 Å². The molecule has 1 fully saturated rings. The summed E-state index contributed by atoms with van der Waals surface area (Å²) in [6.07, 6.45) is 1.92. The van der Waals surface area contributed by atoms with Gasteiger partial charge in [-0.2, -0.15) is 0 Å². The highest BCUT2D eigenvalue weighted by molar-refractivity contribution is 8.14. The van der Waals surface area contributed by atoms with E-state index in [9.17, 15) is 19.2 Å². The molecule has 14 heteroatoms. The molecule has 250 valence electrons. The molecular weight excluding hydrogens is 639 g/mol. The second-order valence-corrected chi connectivity index (χ2v) is 14.5. The Labute approximate surface area is 282 Å². The van der Waals surface area contributed by atoms with E-state index in [0.29, 0.717) is 34.7 Å². The maximum atomic E-state index is 14.2. The minimum atomic E-state index is -0.872. The molecule has 3 N–H and O–H groups in total. The molecule has 4 amide bonds. The number of thiazole rings is 1. The van der Waals surface area contributed by atoms with E-state index in [-0.39, 0.29) is 41.8 Å². The Hall–Kier alpha value is -3.78. The fraction of sp³-hybridized carbons (Fsp3) is 0.545. The summed E-state index contributed by atoms with van der Waals surface area (Å²) in [5.41, 5.74) is 1.08. The van der Waals surface area contributed by atoms with Crippen molar-refractivity contribution in [3.05, 3.63) is 52.0 Å². The second kappa shape index (κ2) is 14.1. The number of fused-ring (bicyclic) bond motifs is 6. The zero-order valence-electron chi connectivity index (χ0n) is 27.0. The summed E-state index contributed by atoms with van der Waals surface area (Å²) < 4.78 is 6.18. The Morgan fingerprint density at radius 1 is 1.04 bits per heavy atom. The Balaban J connectivity index is 1.35. The summed E-state index contributed by atoms with van der Waals surface area (Å²) in [6.45, 7) is 8.21. The van der Waals surface area contributed by atoms with Crippen LogP contribution in [0.1, 0.15) is 74.1 Å². The maximum absolute atomic E-state index is 14.2. The lowest BCUT2D eigenvalue weighted by Crippen LogP contribution is -2.52. The summed E-state index contributed by atoms with van der Waals surface area (Å²) in [6, 6.07) is 5.96. The Kier molecular flexibility index (Phi) is 9.97. The van der Waals surface area contributed by atoms with Crippen LogP contribution in [0.3, 0.4) is 0 Å². The number of amides is 4. The molecular formula is C33H41N7O5S2. The molecule has 0 aliphatic carbocycles. The second-order valence-electron chi connectivity index (χ2n) is 12.6. The van der Waals surface area contributed by atoms with Gasteiger partial charge in [-0.25, -0.2) is 9.98 Å². The lowest BCUT2D eigenvalue weighted by Gasteiger charge is -2.29. The monoisotopic (exact) mass is 679 g/mol. The predicted molar refractivity (Wildman–Crippen MR) is 182 cm³/mol. The summed E-state index contributed by atoms with van der Waals surface area (Å²) in [7, 11) is 0. The number of ether oxygens (including phenoxy) is 1. The number of aromatic nitrogens is 1. The molecule has 12 nitrogen and oxygen atoms in total. The van der Waals surface area contributed by atoms with E-state index in [1.54, 1.807) is 10.3 Å². The normalized spacial score (nSPS) is 30.6. The molecule has 4 aliphatic heterocycles. The van der Waals surface area contributed by atoms with Crippen molar-refractivity contribution in [2.75, 3.05) is 12.3 Å². The molecule has 6 bridgehead atoms. The average molecular weight is 680 g/mol. The SMILES string of the molecule is CC[C@@H](C)[C@H]1NC(=O)[C@H]2N=C(O[C@@H]2C)[C@@H]2CCCN2C(=O)C(Cc2ccccc2)NC(=O)c2csc(n2)[C@@H](C)NC(=O)[C@@H]2CSC1=N2. The van der Waals surface area contributed by atoms with Gasteiger partial charge in [-0.15, -0.1) is 23.1 Å². The van der Waals surface area contributed by atoms with E-state index >= 15 is 0 Å². The molecule has 47 heavy (non-hydrogen) atoms. The molecule has 0 saturated carbocycles. The minimum absolute atomic E-state index is 0.0666. The quantitative estimate of drug-likeness (QED) is 0.449. The van der Waals surface area contributed by atoms with Gasteiger partial charge in [0.1, 0.15) is 34.9 Å². The first-order valence-electron chi connectivity index (χ1n) is 16.3. The summed E-state index contributed by atoms with van der Waals surface area (Å²) in [5, 5.41) is 12.0. The van der Waals surface area contributed by atoms with E-state index in [1.165, 1.54) is 23.1 Å². The zero-order valence-corrected chi connectivity index (χ0v) is 28.6. The number of carbonyl (C=O) groups is 4. The van der Waals surface area contributed by atoms with Gasteiger partial charge in [0.05, 0.1) is 17.1 Å². The van der Waals surface area contributed by atoms with Crippen LogP contribution >= 0.6 is 23.1 Å². The number of aliphatic imine (C=N–C) groups is 2. The topological polar surface area (TPSA) is 154 Å². The van der Waals surface area contributed by atoms with E-state index in [1.807, 2.05) is 44.2 Å². The first-order valence-corrected chi connectivity index (χ1v) is 18.2. The number of hydrogen-bond acceptors (Lipinski definition) is 10. The first kappa shape index (κ1) is 33.1. The molecule has 2 aromatic rings. The standard InChI is InChI=1S/C33H41N7O5S2/c1-5-17(2)25-32-37-22(16-47-32)27(41)34-18(3)31-36-23(15-46-31)28(42)35-21(14-20-10-7-6-8-11-20)33(44)40-13-9-12-24(40)30-39-26(19(4)45-30)29(43)38-25/h6-8,10-11,15,17-19,21-22,24-26H,5,9,12-14,16H2,1-4H3,(H,34,41)(H,35,42)(H,38,43)/t17-,18-,19-,21?,22+,24+,25-,26+/m1/s1. The number of nitrogens with zero attached hydrogens (tertiary/aromatic N) is 4. The van der Waals surface area contributed by atoms with Crippen molar-refractivity contribution >= 4 is 57.7 Å². The molecule has 1 unspecified atom stereocenters. The lowest BCUT2D eigenvalue weighted by atomic mass is 9.99. The number of thioether (sulfide) groups is 1. The predicted octanol–water partition coefficient (Wildman–Crippen LogP) is 2.90. The van der Waals surface area contributed by atoms with E-state index < -0.39 is 42.2 Å². The van der Waals surface area contributed by atoms with Crippen molar-refractivity contribution < 1.29 is 23.9 Å². The molecule has 6 rings (SSSR count). The van der Waals surface area contributed by atoms with Crippen molar-refractivity contribution in [3.8, 4) is 0 Å². The molecule has 5 heterocycles. The number of benzene rings is 1. The number of rotatable bonds is 4. The number of carbonyl (C=O) groups excluding carboxylic acids is 4. The number of hydrogen-bond donors (Lipinski definition) is 3. The molecule has 1 saturated heterocycles. The van der Waals surface area contributed by atoms with Crippen LogP contribution in [0.25, 0.3) is 0 Å². The highest BCUT2D eigenvalue weighted by Crippen LogP contribution is 2.29. The molecule has 0 radical (unpaired) electrons. The zero-order chi connectivity index (χ0) is 33.2. The van der Waals surface area contributed by atoms with Gasteiger partial charge in [-0.05, 0) is 38.2 Å². The molecule has 8 atom stereocenters. The first-order chi connectivity index (χ1) is 22.6. The van der Waals surface area contributed by atoms with E-state index in [0.717, 1.165) is 18.4 Å². The van der Waals surface area contributed by atoms with Crippen molar-refractivity contribution in [1.82, 2.24) is 25.8 Å². The smallest absolute Gasteiger partial charge is 0.271 e. The molecule has 1 aromatic heterocycles. The summed E-state index contributed by atoms with van der Waals surface area (Å²) in [4.78, 5) is 70.6. The van der Waals surface area contributed by atoms with Gasteiger partial charge < -0.3 is 25.6 Å². The van der Waals surface area contributed by atoms with Crippen LogP contribution in [0.2, 0.25) is 0 Å². The average Bonchev–Trinajstić information content (AvgIpc) is 3.89. The molecule has 0 spiro atoms. The summed E-state index contributed by atoms with van der Waals surface area (Å²) >= 11 is 2.75. The van der Waals surface area contributed by atoms with Gasteiger partial charge in [0, 0.05) is 24.1 Å². The third-order valence-electron chi connectivity index (χ3n) is 9.23. The third kappa shape index (κ3) is 7.08. The lowest BCUT2D eigenvalue weighted by molar-refractivity contribution is -0.133. The summed E-state index contributed by atoms with van der Waals surface area (Å²) in [5.74, 6) is -0.360. The van der Waals surface area contributed by atoms with Crippen LogP contribution in [-0.4, -0.2) is 93.1 Å². The highest BCUT2D eigenvalue weighted by Gasteiger charge is 2.44. The number of nitrogens with one attached hydrogen (secondary N) is 3. The van der Waals surface area contributed by atoms with Crippen molar-refractivity contribution in [2.45, 2.75) is 95.7 Å². The van der Waals surface area contributed by atoms with Crippen LogP contribution < -0.4 is 16.0 Å². The van der Waals surface area contributed by atoms with Crippen LogP contribution in [0.4, 0.5) is 0 Å². The Morgan fingerprint density at radius 3 is 2.60 bits per heavy atom. The van der Waals surface area contributed by atoms with Gasteiger partial charge >= 0.3 is 0 Å². The van der Waals surface area contributed by atoms with Gasteiger partial charge in [0.15, 0.2) is 6.04 Å². The maximum Gasteiger partial charge on any atom is 0.271 e. The Morgan fingerprint density at radius 2 is 1.83 bits per heavy atom. The molecule has 4 aliphatic rings. The van der Waals surface area contributed by atoms with Crippen molar-refractivity contribution in [2.24, 2.45) is 15.9 Å². The Bertz CT molecular complexity index is 1580. The van der Waals surface area contributed by atoms with Crippen molar-refractivity contribution in [3.63, 3.8) is 0 Å². The van der Waals surface area contributed by atoms with E-state index in [4.69, 9.17) is 14.7 Å². The van der Waals surface area contributed by atoms with Crippen LogP contribution in [0, 0.1) is 5.92 Å². The van der Waals surface area contributed by atoms with Crippen LogP contribution in [0.15, 0.2) is 45.7 Å².